The Kier molecular flexibility index (Phi) is 4.54. The molecule has 7 unspecified atom stereocenters. The largest absolute Gasteiger partial charge is 0.0848 e. The Morgan fingerprint density at radius 1 is 0.846 bits per heavy atom. The lowest BCUT2D eigenvalue weighted by Gasteiger charge is -2.44. The molecule has 0 bridgehead atoms. The Hall–Kier alpha value is -0.310. The SMILES string of the molecule is CC1(C)c2ccccc2C2CCC(C3C=CC4CC(I)CCC4C3)CC21. The molecule has 7 atom stereocenters. The van der Waals surface area contributed by atoms with E-state index in [-0.39, 0.29) is 0 Å². The van der Waals surface area contributed by atoms with Gasteiger partial charge in [0.2, 0.25) is 0 Å². The number of benzene rings is 1. The van der Waals surface area contributed by atoms with Gasteiger partial charge in [0.1, 0.15) is 0 Å². The van der Waals surface area contributed by atoms with Crippen molar-refractivity contribution in [3.05, 3.63) is 47.5 Å². The number of halogens is 1. The Balaban J connectivity index is 1.35. The van der Waals surface area contributed by atoms with Crippen LogP contribution in [-0.2, 0) is 5.41 Å². The molecule has 0 aromatic heterocycles. The molecule has 0 heterocycles. The molecule has 2 fully saturated rings. The molecule has 1 heteroatoms. The van der Waals surface area contributed by atoms with Crippen molar-refractivity contribution in [3.63, 3.8) is 0 Å². The van der Waals surface area contributed by atoms with Crippen LogP contribution in [0.2, 0.25) is 0 Å². The molecule has 1 aromatic carbocycles. The van der Waals surface area contributed by atoms with Gasteiger partial charge in [0.05, 0.1) is 0 Å². The molecule has 0 saturated heterocycles. The van der Waals surface area contributed by atoms with E-state index in [0.29, 0.717) is 5.41 Å². The third kappa shape index (κ3) is 2.83. The van der Waals surface area contributed by atoms with Crippen LogP contribution in [0.15, 0.2) is 36.4 Å². The van der Waals surface area contributed by atoms with E-state index in [2.05, 4.69) is 72.9 Å². The van der Waals surface area contributed by atoms with Crippen molar-refractivity contribution in [1.29, 1.82) is 0 Å². The van der Waals surface area contributed by atoms with Crippen LogP contribution in [-0.4, -0.2) is 3.92 Å². The summed E-state index contributed by atoms with van der Waals surface area (Å²) in [5.74, 6) is 5.36. The number of hydrogen-bond donors (Lipinski definition) is 0. The lowest BCUT2D eigenvalue weighted by Crippen LogP contribution is -2.36. The predicted octanol–water partition coefficient (Wildman–Crippen LogP) is 7.27. The summed E-state index contributed by atoms with van der Waals surface area (Å²) in [6.45, 7) is 5.04. The topological polar surface area (TPSA) is 0 Å². The molecule has 4 aliphatic rings. The summed E-state index contributed by atoms with van der Waals surface area (Å²) < 4.78 is 0.920. The van der Waals surface area contributed by atoms with Crippen LogP contribution < -0.4 is 0 Å². The zero-order valence-corrected chi connectivity index (χ0v) is 18.5. The number of rotatable bonds is 1. The fourth-order valence-corrected chi connectivity index (χ4v) is 8.12. The molecule has 0 amide bonds. The first kappa shape index (κ1) is 17.8. The maximum Gasteiger partial charge on any atom is 0.0115 e. The fourth-order valence-electron chi connectivity index (χ4n) is 7.17. The zero-order chi connectivity index (χ0) is 17.9. The second-order valence-corrected chi connectivity index (χ2v) is 12.0. The monoisotopic (exact) mass is 460 g/mol. The first-order chi connectivity index (χ1) is 12.5. The van der Waals surface area contributed by atoms with Crippen LogP contribution in [0.5, 0.6) is 0 Å². The third-order valence-electron chi connectivity index (χ3n) is 8.64. The normalized spacial score (nSPS) is 43.4. The van der Waals surface area contributed by atoms with Crippen molar-refractivity contribution >= 4 is 22.6 Å². The van der Waals surface area contributed by atoms with Gasteiger partial charge in [-0.05, 0) is 97.0 Å². The number of alkyl halides is 1. The van der Waals surface area contributed by atoms with Crippen molar-refractivity contribution in [1.82, 2.24) is 0 Å². The van der Waals surface area contributed by atoms with Crippen LogP contribution in [0.1, 0.15) is 75.8 Å². The van der Waals surface area contributed by atoms with Gasteiger partial charge in [0.15, 0.2) is 0 Å². The van der Waals surface area contributed by atoms with Gasteiger partial charge < -0.3 is 0 Å². The maximum atomic E-state index is 2.68. The summed E-state index contributed by atoms with van der Waals surface area (Å²) >= 11 is 2.68. The van der Waals surface area contributed by atoms with Gasteiger partial charge in [-0.2, -0.15) is 0 Å². The summed E-state index contributed by atoms with van der Waals surface area (Å²) in [5.41, 5.74) is 3.69. The van der Waals surface area contributed by atoms with Crippen molar-refractivity contribution in [2.45, 2.75) is 74.1 Å². The van der Waals surface area contributed by atoms with Crippen LogP contribution in [0.4, 0.5) is 0 Å². The summed E-state index contributed by atoms with van der Waals surface area (Å²) in [5, 5.41) is 0. The zero-order valence-electron chi connectivity index (χ0n) is 16.3. The minimum atomic E-state index is 0.361. The smallest absolute Gasteiger partial charge is 0.0115 e. The van der Waals surface area contributed by atoms with Gasteiger partial charge in [-0.15, -0.1) is 0 Å². The summed E-state index contributed by atoms with van der Waals surface area (Å²) in [4.78, 5) is 0. The van der Waals surface area contributed by atoms with E-state index in [1.165, 1.54) is 44.9 Å². The highest BCUT2D eigenvalue weighted by Gasteiger charge is 2.49. The van der Waals surface area contributed by atoms with Crippen LogP contribution in [0.3, 0.4) is 0 Å². The van der Waals surface area contributed by atoms with Crippen LogP contribution >= 0.6 is 22.6 Å². The minimum Gasteiger partial charge on any atom is -0.0848 e. The van der Waals surface area contributed by atoms with E-state index < -0.39 is 0 Å². The molecule has 2 saturated carbocycles. The molecule has 4 aliphatic carbocycles. The van der Waals surface area contributed by atoms with Crippen LogP contribution in [0.25, 0.3) is 0 Å². The van der Waals surface area contributed by atoms with Crippen molar-refractivity contribution in [3.8, 4) is 0 Å². The second-order valence-electron chi connectivity index (χ2n) is 10.2. The maximum absolute atomic E-state index is 2.68. The van der Waals surface area contributed by atoms with E-state index in [0.717, 1.165) is 39.4 Å². The van der Waals surface area contributed by atoms with Crippen molar-refractivity contribution in [2.75, 3.05) is 0 Å². The lowest BCUT2D eigenvalue weighted by molar-refractivity contribution is 0.124. The van der Waals surface area contributed by atoms with Crippen molar-refractivity contribution < 1.29 is 0 Å². The second kappa shape index (κ2) is 6.64. The number of hydrogen-bond acceptors (Lipinski definition) is 0. The fraction of sp³-hybridized carbons (Fsp3) is 0.680. The molecule has 0 spiro atoms. The van der Waals surface area contributed by atoms with E-state index in [1.54, 1.807) is 11.1 Å². The minimum absolute atomic E-state index is 0.361. The highest BCUT2D eigenvalue weighted by molar-refractivity contribution is 14.1. The highest BCUT2D eigenvalue weighted by Crippen LogP contribution is 2.59. The molecule has 0 N–H and O–H groups in total. The summed E-state index contributed by atoms with van der Waals surface area (Å²) in [6, 6.07) is 9.35. The molecular formula is C25H33I. The predicted molar refractivity (Wildman–Crippen MR) is 119 cm³/mol. The first-order valence-corrected chi connectivity index (χ1v) is 12.2. The summed E-state index contributed by atoms with van der Waals surface area (Å²) in [6.07, 6.45) is 15.5. The molecule has 0 radical (unpaired) electrons. The van der Waals surface area contributed by atoms with Gasteiger partial charge in [0, 0.05) is 3.92 Å². The molecule has 5 rings (SSSR count). The first-order valence-electron chi connectivity index (χ1n) is 11.0. The van der Waals surface area contributed by atoms with Gasteiger partial charge in [-0.1, -0.05) is 72.9 Å². The molecule has 1 aromatic rings. The Bertz CT molecular complexity index is 702. The molecular weight excluding hydrogens is 427 g/mol. The standard InChI is InChI=1S/C25H33I/c1-25(2)23-6-4-3-5-21(23)22-12-10-19(15-24(22)25)16-7-8-18-14-20(26)11-9-17(18)13-16/h3-8,16-20,22,24H,9-15H2,1-2H3. The molecule has 0 nitrogen and oxygen atoms in total. The molecule has 26 heavy (non-hydrogen) atoms. The summed E-state index contributed by atoms with van der Waals surface area (Å²) in [7, 11) is 0. The average molecular weight is 460 g/mol. The van der Waals surface area contributed by atoms with Gasteiger partial charge in [-0.25, -0.2) is 0 Å². The Morgan fingerprint density at radius 2 is 1.54 bits per heavy atom. The lowest BCUT2D eigenvalue weighted by atomic mass is 9.61. The Morgan fingerprint density at radius 3 is 2.38 bits per heavy atom. The molecule has 0 aliphatic heterocycles. The van der Waals surface area contributed by atoms with Gasteiger partial charge >= 0.3 is 0 Å². The van der Waals surface area contributed by atoms with E-state index in [4.69, 9.17) is 0 Å². The third-order valence-corrected chi connectivity index (χ3v) is 9.77. The van der Waals surface area contributed by atoms with E-state index in [1.807, 2.05) is 0 Å². The number of fused-ring (bicyclic) bond motifs is 4. The average Bonchev–Trinajstić information content (AvgIpc) is 2.89. The molecule has 140 valence electrons. The van der Waals surface area contributed by atoms with E-state index >= 15 is 0 Å². The van der Waals surface area contributed by atoms with Crippen molar-refractivity contribution in [2.24, 2.45) is 29.6 Å². The quantitative estimate of drug-likeness (QED) is 0.235. The van der Waals surface area contributed by atoms with Gasteiger partial charge in [0.25, 0.3) is 0 Å². The highest BCUT2D eigenvalue weighted by atomic mass is 127. The number of allylic oxidation sites excluding steroid dienone is 2. The van der Waals surface area contributed by atoms with Crippen LogP contribution in [0, 0.1) is 29.6 Å². The Labute approximate surface area is 173 Å². The van der Waals surface area contributed by atoms with Gasteiger partial charge in [-0.3, -0.25) is 0 Å². The van der Waals surface area contributed by atoms with E-state index in [9.17, 15) is 0 Å².